The summed E-state index contributed by atoms with van der Waals surface area (Å²) in [5, 5.41) is 0. The lowest BCUT2D eigenvalue weighted by Gasteiger charge is -2.44. The predicted molar refractivity (Wildman–Crippen MR) is 124 cm³/mol. The van der Waals surface area contributed by atoms with Crippen LogP contribution in [-0.4, -0.2) is 54.4 Å². The van der Waals surface area contributed by atoms with E-state index in [2.05, 4.69) is 0 Å². The number of thioether (sulfide) groups is 1. The van der Waals surface area contributed by atoms with Gasteiger partial charge in [0.25, 0.3) is 0 Å². The maximum atomic E-state index is 12.0. The summed E-state index contributed by atoms with van der Waals surface area (Å²) < 4.78 is 28.7. The second-order valence-electron chi connectivity index (χ2n) is 7.70. The maximum absolute atomic E-state index is 12.0. The fourth-order valence-corrected chi connectivity index (χ4v) is 4.71. The van der Waals surface area contributed by atoms with Gasteiger partial charge in [-0.05, 0) is 17.7 Å². The normalized spacial score (nSPS) is 24.1. The highest BCUT2D eigenvalue weighted by Crippen LogP contribution is 2.37. The minimum atomic E-state index is -1.08. The summed E-state index contributed by atoms with van der Waals surface area (Å²) >= 11 is 1.31. The number of ether oxygens (including phenoxy) is 5. The van der Waals surface area contributed by atoms with E-state index in [-0.39, 0.29) is 6.61 Å². The molecule has 2 aromatic rings. The van der Waals surface area contributed by atoms with E-state index in [1.54, 1.807) is 0 Å². The smallest absolute Gasteiger partial charge is 0.303 e. The van der Waals surface area contributed by atoms with Gasteiger partial charge >= 0.3 is 17.9 Å². The van der Waals surface area contributed by atoms with Gasteiger partial charge in [-0.25, -0.2) is 0 Å². The molecule has 3 rings (SSSR count). The molecule has 9 heteroatoms. The zero-order chi connectivity index (χ0) is 24.5. The topological polar surface area (TPSA) is 97.4 Å². The van der Waals surface area contributed by atoms with Crippen LogP contribution in [0.1, 0.15) is 26.3 Å². The molecular weight excluding hydrogens is 460 g/mol. The summed E-state index contributed by atoms with van der Waals surface area (Å²) in [5.74, 6) is -1.77. The lowest BCUT2D eigenvalue weighted by molar-refractivity contribution is -0.238. The van der Waals surface area contributed by atoms with Crippen LogP contribution in [0.3, 0.4) is 0 Å². The highest BCUT2D eigenvalue weighted by atomic mass is 32.2. The fraction of sp³-hybridized carbons (Fsp3) is 0.400. The first-order valence-corrected chi connectivity index (χ1v) is 11.7. The summed E-state index contributed by atoms with van der Waals surface area (Å²) in [6.45, 7) is 4.12. The van der Waals surface area contributed by atoms with Crippen molar-refractivity contribution in [3.05, 3.63) is 66.2 Å². The van der Waals surface area contributed by atoms with E-state index in [4.69, 9.17) is 23.7 Å². The molecule has 0 radical (unpaired) electrons. The summed E-state index contributed by atoms with van der Waals surface area (Å²) in [4.78, 5) is 36.7. The molecule has 8 nitrogen and oxygen atoms in total. The molecule has 5 unspecified atom stereocenters. The number of esters is 3. The van der Waals surface area contributed by atoms with Crippen LogP contribution in [0.15, 0.2) is 65.6 Å². The summed E-state index contributed by atoms with van der Waals surface area (Å²) in [7, 11) is 0. The first kappa shape index (κ1) is 25.7. The predicted octanol–water partition coefficient (Wildman–Crippen LogP) is 3.52. The van der Waals surface area contributed by atoms with Crippen LogP contribution < -0.4 is 0 Å². The van der Waals surface area contributed by atoms with Crippen molar-refractivity contribution in [1.29, 1.82) is 0 Å². The van der Waals surface area contributed by atoms with Gasteiger partial charge in [0.1, 0.15) is 11.5 Å². The fourth-order valence-electron chi connectivity index (χ4n) is 3.58. The lowest BCUT2D eigenvalue weighted by Crippen LogP contribution is -2.61. The molecule has 1 fully saturated rings. The first-order chi connectivity index (χ1) is 16.3. The molecule has 1 aliphatic heterocycles. The van der Waals surface area contributed by atoms with Crippen LogP contribution in [0.4, 0.5) is 0 Å². The van der Waals surface area contributed by atoms with Gasteiger partial charge in [-0.3, -0.25) is 14.4 Å². The van der Waals surface area contributed by atoms with Crippen LogP contribution in [0, 0.1) is 0 Å². The minimum Gasteiger partial charge on any atom is -0.456 e. The Hall–Kier alpha value is -2.88. The van der Waals surface area contributed by atoms with Crippen LogP contribution in [-0.2, 0) is 44.7 Å². The molecule has 1 saturated heterocycles. The highest BCUT2D eigenvalue weighted by Gasteiger charge is 2.52. The third-order valence-electron chi connectivity index (χ3n) is 4.89. The largest absolute Gasteiger partial charge is 0.456 e. The second kappa shape index (κ2) is 12.5. The molecule has 1 heterocycles. The number of benzene rings is 2. The Morgan fingerprint density at radius 3 is 1.88 bits per heavy atom. The molecule has 2 aromatic carbocycles. The average molecular weight is 489 g/mol. The standard InChI is InChI=1S/C25H28O8S/c1-16(26)30-22-21(15-29-14-19-10-6-4-7-11-19)33-25(34-20-12-8-5-9-13-20)24(32-18(3)28)23(22)31-17(2)27/h4-13,21-25H,14-15H2,1-3H3. The van der Waals surface area contributed by atoms with E-state index in [9.17, 15) is 14.4 Å². The van der Waals surface area contributed by atoms with Gasteiger partial charge < -0.3 is 23.7 Å². The molecule has 0 N–H and O–H groups in total. The Bertz CT molecular complexity index is 952. The van der Waals surface area contributed by atoms with Crippen molar-refractivity contribution in [2.75, 3.05) is 6.61 Å². The minimum absolute atomic E-state index is 0.0588. The number of hydrogen-bond donors (Lipinski definition) is 0. The molecular formula is C25H28O8S. The Balaban J connectivity index is 1.88. The Labute approximate surface area is 202 Å². The van der Waals surface area contributed by atoms with E-state index >= 15 is 0 Å². The molecule has 0 aromatic heterocycles. The van der Waals surface area contributed by atoms with Crippen LogP contribution in [0.5, 0.6) is 0 Å². The van der Waals surface area contributed by atoms with Crippen LogP contribution in [0.2, 0.25) is 0 Å². The van der Waals surface area contributed by atoms with Crippen molar-refractivity contribution >= 4 is 29.7 Å². The molecule has 5 atom stereocenters. The van der Waals surface area contributed by atoms with Crippen molar-refractivity contribution in [2.45, 2.75) is 62.1 Å². The molecule has 0 amide bonds. The van der Waals surface area contributed by atoms with Crippen LogP contribution >= 0.6 is 11.8 Å². The third kappa shape index (κ3) is 7.58. The molecule has 0 aliphatic carbocycles. The van der Waals surface area contributed by atoms with Gasteiger partial charge in [0, 0.05) is 25.7 Å². The Kier molecular flexibility index (Phi) is 9.50. The van der Waals surface area contributed by atoms with Crippen molar-refractivity contribution in [2.24, 2.45) is 0 Å². The summed E-state index contributed by atoms with van der Waals surface area (Å²) in [5.41, 5.74) is 0.222. The lowest BCUT2D eigenvalue weighted by atomic mass is 9.99. The summed E-state index contributed by atoms with van der Waals surface area (Å²) in [6, 6.07) is 19.0. The number of carbonyl (C=O) groups is 3. The number of rotatable bonds is 9. The van der Waals surface area contributed by atoms with E-state index in [1.807, 2.05) is 60.7 Å². The average Bonchev–Trinajstić information content (AvgIpc) is 2.79. The van der Waals surface area contributed by atoms with Gasteiger partial charge in [0.15, 0.2) is 18.3 Å². The maximum Gasteiger partial charge on any atom is 0.303 e. The van der Waals surface area contributed by atoms with E-state index in [0.29, 0.717) is 6.61 Å². The monoisotopic (exact) mass is 488 g/mol. The third-order valence-corrected chi connectivity index (χ3v) is 6.04. The molecule has 0 spiro atoms. The molecule has 182 valence electrons. The van der Waals surface area contributed by atoms with Gasteiger partial charge in [0.2, 0.25) is 0 Å². The first-order valence-electron chi connectivity index (χ1n) is 10.8. The molecule has 0 bridgehead atoms. The zero-order valence-corrected chi connectivity index (χ0v) is 20.1. The van der Waals surface area contributed by atoms with Crippen molar-refractivity contribution in [1.82, 2.24) is 0 Å². The van der Waals surface area contributed by atoms with Crippen molar-refractivity contribution < 1.29 is 38.1 Å². The molecule has 0 saturated carbocycles. The zero-order valence-electron chi connectivity index (χ0n) is 19.2. The van der Waals surface area contributed by atoms with E-state index < -0.39 is 47.8 Å². The van der Waals surface area contributed by atoms with Gasteiger partial charge in [-0.1, -0.05) is 60.3 Å². The van der Waals surface area contributed by atoms with Gasteiger partial charge in [0.05, 0.1) is 13.2 Å². The second-order valence-corrected chi connectivity index (χ2v) is 8.87. The van der Waals surface area contributed by atoms with Gasteiger partial charge in [-0.2, -0.15) is 0 Å². The molecule has 34 heavy (non-hydrogen) atoms. The van der Waals surface area contributed by atoms with Gasteiger partial charge in [-0.15, -0.1) is 0 Å². The SMILES string of the molecule is CC(=O)OC1C(COCc2ccccc2)OC(Sc2ccccc2)C(OC(C)=O)C1OC(C)=O. The van der Waals surface area contributed by atoms with Crippen molar-refractivity contribution in [3.8, 4) is 0 Å². The van der Waals surface area contributed by atoms with E-state index in [1.165, 1.54) is 32.5 Å². The van der Waals surface area contributed by atoms with Crippen LogP contribution in [0.25, 0.3) is 0 Å². The number of carbonyl (C=O) groups excluding carboxylic acids is 3. The Morgan fingerprint density at radius 1 is 0.765 bits per heavy atom. The molecule has 1 aliphatic rings. The Morgan fingerprint density at radius 2 is 1.29 bits per heavy atom. The quantitative estimate of drug-likeness (QED) is 0.388. The highest BCUT2D eigenvalue weighted by molar-refractivity contribution is 7.99. The summed E-state index contributed by atoms with van der Waals surface area (Å²) in [6.07, 6.45) is -3.90. The number of hydrogen-bond acceptors (Lipinski definition) is 9. The van der Waals surface area contributed by atoms with E-state index in [0.717, 1.165) is 10.5 Å². The van der Waals surface area contributed by atoms with Crippen molar-refractivity contribution in [3.63, 3.8) is 0 Å².